The van der Waals surface area contributed by atoms with Gasteiger partial charge in [0.25, 0.3) is 0 Å². The lowest BCUT2D eigenvalue weighted by Crippen LogP contribution is -2.47. The molecule has 2 heterocycles. The van der Waals surface area contributed by atoms with Crippen LogP contribution in [0.3, 0.4) is 0 Å². The lowest BCUT2D eigenvalue weighted by Gasteiger charge is -2.39. The van der Waals surface area contributed by atoms with Crippen molar-refractivity contribution in [3.63, 3.8) is 0 Å². The normalized spacial score (nSPS) is 21.0. The number of aromatic nitrogens is 4. The van der Waals surface area contributed by atoms with Gasteiger partial charge >= 0.3 is 0 Å². The summed E-state index contributed by atoms with van der Waals surface area (Å²) in [5.41, 5.74) is 1.40. The maximum absolute atomic E-state index is 4.52. The summed E-state index contributed by atoms with van der Waals surface area (Å²) in [6.45, 7) is 7.73. The summed E-state index contributed by atoms with van der Waals surface area (Å²) < 4.78 is 2.18. The van der Waals surface area contributed by atoms with Gasteiger partial charge in [-0.2, -0.15) is 0 Å². The molecule has 0 amide bonds. The van der Waals surface area contributed by atoms with Crippen molar-refractivity contribution in [3.8, 4) is 0 Å². The van der Waals surface area contributed by atoms with Crippen molar-refractivity contribution in [2.75, 3.05) is 26.2 Å². The Kier molecular flexibility index (Phi) is 6.70. The van der Waals surface area contributed by atoms with Crippen molar-refractivity contribution in [2.45, 2.75) is 70.5 Å². The van der Waals surface area contributed by atoms with Crippen LogP contribution in [0.4, 0.5) is 0 Å². The monoisotopic (exact) mass is 382 g/mol. The average Bonchev–Trinajstić information content (AvgIpc) is 3.24. The van der Waals surface area contributed by atoms with Crippen LogP contribution in [0.15, 0.2) is 30.3 Å². The Morgan fingerprint density at radius 3 is 2.46 bits per heavy atom. The van der Waals surface area contributed by atoms with Gasteiger partial charge in [0.1, 0.15) is 0 Å². The van der Waals surface area contributed by atoms with Crippen LogP contribution in [0.5, 0.6) is 0 Å². The molecule has 0 spiro atoms. The summed E-state index contributed by atoms with van der Waals surface area (Å²) in [5, 5.41) is 13.0. The Labute approximate surface area is 168 Å². The molecule has 1 atom stereocenters. The first-order chi connectivity index (χ1) is 13.8. The Bertz CT molecular complexity index is 701. The summed E-state index contributed by atoms with van der Waals surface area (Å²) in [6.07, 6.45) is 8.71. The van der Waals surface area contributed by atoms with E-state index in [0.717, 1.165) is 51.4 Å². The van der Waals surface area contributed by atoms with E-state index in [-0.39, 0.29) is 0 Å². The minimum absolute atomic E-state index is 0.348. The Balaban J connectivity index is 1.41. The van der Waals surface area contributed by atoms with Crippen LogP contribution in [0.1, 0.15) is 75.3 Å². The summed E-state index contributed by atoms with van der Waals surface area (Å²) in [5.74, 6) is 1.10. The van der Waals surface area contributed by atoms with Crippen molar-refractivity contribution < 1.29 is 0 Å². The molecule has 152 valence electrons. The molecule has 0 N–H and O–H groups in total. The molecule has 1 aliphatic carbocycles. The van der Waals surface area contributed by atoms with Crippen LogP contribution in [0.2, 0.25) is 0 Å². The molecule has 1 unspecified atom stereocenters. The number of tetrazole rings is 1. The third-order valence-corrected chi connectivity index (χ3v) is 6.40. The fourth-order valence-electron chi connectivity index (χ4n) is 4.83. The number of nitrogens with zero attached hydrogens (tertiary/aromatic N) is 6. The van der Waals surface area contributed by atoms with Gasteiger partial charge in [-0.1, -0.05) is 62.9 Å². The van der Waals surface area contributed by atoms with Crippen LogP contribution >= 0.6 is 0 Å². The minimum atomic E-state index is 0.348. The Morgan fingerprint density at radius 1 is 1.00 bits per heavy atom. The van der Waals surface area contributed by atoms with Crippen molar-refractivity contribution in [1.82, 2.24) is 30.0 Å². The van der Waals surface area contributed by atoms with Crippen molar-refractivity contribution in [3.05, 3.63) is 41.7 Å². The molecule has 2 aliphatic rings. The molecule has 6 nitrogen and oxygen atoms in total. The first kappa shape index (κ1) is 19.5. The standard InChI is InChI=1S/C22H34N6/c1-2-9-21(22-23-24-25-28(22)20-12-7-4-8-13-20)27-16-14-26(15-17-27)18-19-10-5-3-6-11-19/h3,5-6,10-11,20-21H,2,4,7-9,12-18H2,1H3. The molecular formula is C22H34N6. The quantitative estimate of drug-likeness (QED) is 0.728. The second kappa shape index (κ2) is 9.61. The van der Waals surface area contributed by atoms with E-state index < -0.39 is 0 Å². The lowest BCUT2D eigenvalue weighted by molar-refractivity contribution is 0.0803. The van der Waals surface area contributed by atoms with Gasteiger partial charge in [-0.15, -0.1) is 5.10 Å². The summed E-state index contributed by atoms with van der Waals surface area (Å²) in [4.78, 5) is 5.19. The van der Waals surface area contributed by atoms with Crippen LogP contribution < -0.4 is 0 Å². The van der Waals surface area contributed by atoms with Gasteiger partial charge < -0.3 is 0 Å². The molecule has 28 heavy (non-hydrogen) atoms. The van der Waals surface area contributed by atoms with Gasteiger partial charge in [0.15, 0.2) is 5.82 Å². The topological polar surface area (TPSA) is 50.1 Å². The first-order valence-corrected chi connectivity index (χ1v) is 11.1. The van der Waals surface area contributed by atoms with E-state index in [1.165, 1.54) is 37.7 Å². The second-order valence-corrected chi connectivity index (χ2v) is 8.38. The van der Waals surface area contributed by atoms with E-state index in [9.17, 15) is 0 Å². The van der Waals surface area contributed by atoms with Gasteiger partial charge in [-0.05, 0) is 35.3 Å². The lowest BCUT2D eigenvalue weighted by atomic mass is 9.95. The van der Waals surface area contributed by atoms with Gasteiger partial charge in [-0.3, -0.25) is 9.80 Å². The molecule has 4 rings (SSSR count). The highest BCUT2D eigenvalue weighted by Gasteiger charge is 2.30. The van der Waals surface area contributed by atoms with Crippen LogP contribution in [0, 0.1) is 0 Å². The Hall–Kier alpha value is -1.79. The number of hydrogen-bond donors (Lipinski definition) is 0. The highest BCUT2D eigenvalue weighted by atomic mass is 15.6. The van der Waals surface area contributed by atoms with Gasteiger partial charge in [-0.25, -0.2) is 4.68 Å². The van der Waals surface area contributed by atoms with Crippen molar-refractivity contribution in [2.24, 2.45) is 0 Å². The van der Waals surface area contributed by atoms with Crippen LogP contribution in [-0.4, -0.2) is 56.2 Å². The first-order valence-electron chi connectivity index (χ1n) is 11.1. The minimum Gasteiger partial charge on any atom is -0.297 e. The summed E-state index contributed by atoms with van der Waals surface area (Å²) in [6, 6.07) is 11.7. The predicted molar refractivity (Wildman–Crippen MR) is 111 cm³/mol. The second-order valence-electron chi connectivity index (χ2n) is 8.38. The number of piperazine rings is 1. The zero-order valence-electron chi connectivity index (χ0n) is 17.2. The highest BCUT2D eigenvalue weighted by Crippen LogP contribution is 2.32. The maximum Gasteiger partial charge on any atom is 0.168 e. The zero-order valence-corrected chi connectivity index (χ0v) is 17.2. The fourth-order valence-corrected chi connectivity index (χ4v) is 4.83. The largest absolute Gasteiger partial charge is 0.297 e. The predicted octanol–water partition coefficient (Wildman–Crippen LogP) is 3.84. The molecular weight excluding hydrogens is 348 g/mol. The van der Waals surface area contributed by atoms with Crippen molar-refractivity contribution in [1.29, 1.82) is 0 Å². The fraction of sp³-hybridized carbons (Fsp3) is 0.682. The smallest absolute Gasteiger partial charge is 0.168 e. The van der Waals surface area contributed by atoms with E-state index >= 15 is 0 Å². The molecule has 6 heteroatoms. The van der Waals surface area contributed by atoms with E-state index in [1.54, 1.807) is 0 Å². The van der Waals surface area contributed by atoms with E-state index in [1.807, 2.05) is 0 Å². The maximum atomic E-state index is 4.52. The third kappa shape index (κ3) is 4.61. The SMILES string of the molecule is CCCC(c1nnnn1C1CCCCC1)N1CCN(Cc2ccccc2)CC1. The zero-order chi connectivity index (χ0) is 19.2. The van der Waals surface area contributed by atoms with E-state index in [4.69, 9.17) is 0 Å². The molecule has 1 saturated heterocycles. The van der Waals surface area contributed by atoms with Gasteiger partial charge in [0.2, 0.25) is 0 Å². The molecule has 1 aliphatic heterocycles. The van der Waals surface area contributed by atoms with Crippen LogP contribution in [0.25, 0.3) is 0 Å². The van der Waals surface area contributed by atoms with Gasteiger partial charge in [0, 0.05) is 32.7 Å². The van der Waals surface area contributed by atoms with Gasteiger partial charge in [0.05, 0.1) is 12.1 Å². The molecule has 1 aromatic heterocycles. The summed E-state index contributed by atoms with van der Waals surface area (Å²) in [7, 11) is 0. The number of rotatable bonds is 7. The van der Waals surface area contributed by atoms with Crippen LogP contribution in [-0.2, 0) is 6.54 Å². The average molecular weight is 383 g/mol. The number of hydrogen-bond acceptors (Lipinski definition) is 5. The molecule has 1 aromatic carbocycles. The molecule has 0 radical (unpaired) electrons. The van der Waals surface area contributed by atoms with E-state index in [2.05, 4.69) is 67.3 Å². The van der Waals surface area contributed by atoms with Crippen molar-refractivity contribution >= 4 is 0 Å². The molecule has 1 saturated carbocycles. The number of benzene rings is 1. The molecule has 0 bridgehead atoms. The summed E-state index contributed by atoms with van der Waals surface area (Å²) >= 11 is 0. The molecule has 2 fully saturated rings. The molecule has 2 aromatic rings. The Morgan fingerprint density at radius 2 is 1.75 bits per heavy atom. The third-order valence-electron chi connectivity index (χ3n) is 6.40. The highest BCUT2D eigenvalue weighted by molar-refractivity contribution is 5.14. The van der Waals surface area contributed by atoms with E-state index in [0.29, 0.717) is 12.1 Å².